The predicted molar refractivity (Wildman–Crippen MR) is 131 cm³/mol. The second-order valence-electron chi connectivity index (χ2n) is 9.09. The lowest BCUT2D eigenvalue weighted by molar-refractivity contribution is -0.137. The van der Waals surface area contributed by atoms with Crippen LogP contribution in [-0.2, 0) is 21.0 Å². The van der Waals surface area contributed by atoms with Gasteiger partial charge in [-0.1, -0.05) is 6.07 Å². The molecule has 1 aliphatic heterocycles. The van der Waals surface area contributed by atoms with E-state index in [1.165, 1.54) is 29.6 Å². The fraction of sp³-hybridized carbons (Fsp3) is 0.480. The topological polar surface area (TPSA) is 79.0 Å². The smallest absolute Gasteiger partial charge is 0.416 e. The van der Waals surface area contributed by atoms with E-state index >= 15 is 0 Å². The van der Waals surface area contributed by atoms with Crippen LogP contribution in [0, 0.1) is 5.82 Å². The molecule has 1 N–H and O–H groups in total. The Morgan fingerprint density at radius 2 is 1.84 bits per heavy atom. The summed E-state index contributed by atoms with van der Waals surface area (Å²) in [6, 6.07) is 7.12. The minimum absolute atomic E-state index is 0.0909. The van der Waals surface area contributed by atoms with Gasteiger partial charge in [0, 0.05) is 49.9 Å². The van der Waals surface area contributed by atoms with E-state index in [2.05, 4.69) is 5.32 Å². The number of nitrogens with one attached hydrogen (secondary N) is 1. The first-order chi connectivity index (χ1) is 17.3. The second kappa shape index (κ2) is 11.7. The van der Waals surface area contributed by atoms with E-state index in [4.69, 9.17) is 4.74 Å². The molecule has 2 aromatic rings. The molecule has 204 valence electrons. The van der Waals surface area contributed by atoms with Crippen molar-refractivity contribution in [1.82, 2.24) is 9.21 Å². The molecule has 3 rings (SSSR count). The van der Waals surface area contributed by atoms with Gasteiger partial charge in [-0.05, 0) is 57.0 Å². The van der Waals surface area contributed by atoms with Crippen molar-refractivity contribution in [2.45, 2.75) is 56.3 Å². The van der Waals surface area contributed by atoms with E-state index in [0.29, 0.717) is 44.2 Å². The minimum Gasteiger partial charge on any atom is -0.494 e. The van der Waals surface area contributed by atoms with Gasteiger partial charge in [-0.25, -0.2) is 12.8 Å². The molecule has 0 atom stereocenters. The first kappa shape index (κ1) is 28.7. The Morgan fingerprint density at radius 3 is 2.43 bits per heavy atom. The summed E-state index contributed by atoms with van der Waals surface area (Å²) >= 11 is 0. The van der Waals surface area contributed by atoms with E-state index in [9.17, 15) is 30.8 Å². The molecule has 0 unspecified atom stereocenters. The number of benzene rings is 2. The largest absolute Gasteiger partial charge is 0.494 e. The molecule has 1 heterocycles. The lowest BCUT2D eigenvalue weighted by atomic mass is 10.0. The SMILES string of the molecule is COc1cc(NCCC(=O)N2CCC(N(C(C)C)S(=O)(=O)c3cccc(C(F)(F)F)c3)CC2)ccc1F. The van der Waals surface area contributed by atoms with Crippen LogP contribution in [0.1, 0.15) is 38.7 Å². The molecule has 1 aliphatic rings. The van der Waals surface area contributed by atoms with E-state index < -0.39 is 44.6 Å². The third-order valence-corrected chi connectivity index (χ3v) is 8.37. The number of hydrogen-bond donors (Lipinski definition) is 1. The number of piperidine rings is 1. The Labute approximate surface area is 214 Å². The van der Waals surface area contributed by atoms with Crippen LogP contribution in [-0.4, -0.2) is 62.4 Å². The van der Waals surface area contributed by atoms with Gasteiger partial charge in [0.05, 0.1) is 17.6 Å². The van der Waals surface area contributed by atoms with Crippen LogP contribution in [0.2, 0.25) is 0 Å². The third-order valence-electron chi connectivity index (χ3n) is 6.24. The molecule has 12 heteroatoms. The summed E-state index contributed by atoms with van der Waals surface area (Å²) in [4.78, 5) is 13.9. The summed E-state index contributed by atoms with van der Waals surface area (Å²) in [6.07, 6.45) is -3.74. The average Bonchev–Trinajstić information content (AvgIpc) is 2.84. The molecule has 0 aromatic heterocycles. The molecule has 7 nitrogen and oxygen atoms in total. The van der Waals surface area contributed by atoms with Crippen molar-refractivity contribution in [3.63, 3.8) is 0 Å². The van der Waals surface area contributed by atoms with Crippen molar-refractivity contribution >= 4 is 21.6 Å². The summed E-state index contributed by atoms with van der Waals surface area (Å²) in [6.45, 7) is 4.33. The standard InChI is InChI=1S/C25H31F4N3O4S/c1-17(2)32(37(34,35)21-6-4-5-18(15-21)25(27,28)29)20-10-13-31(14-11-20)24(33)9-12-30-19-7-8-22(26)23(16-19)36-3/h4-8,15-17,20,30H,9-14H2,1-3H3. The number of likely N-dealkylation sites (tertiary alicyclic amines) is 1. The van der Waals surface area contributed by atoms with Crippen LogP contribution in [0.5, 0.6) is 5.75 Å². The highest BCUT2D eigenvalue weighted by Gasteiger charge is 2.38. The molecular weight excluding hydrogens is 514 g/mol. The Morgan fingerprint density at radius 1 is 1.16 bits per heavy atom. The predicted octanol–water partition coefficient (Wildman–Crippen LogP) is 4.75. The van der Waals surface area contributed by atoms with Crippen LogP contribution in [0.3, 0.4) is 0 Å². The second-order valence-corrected chi connectivity index (χ2v) is 10.9. The van der Waals surface area contributed by atoms with E-state index in [1.807, 2.05) is 0 Å². The molecule has 1 saturated heterocycles. The van der Waals surface area contributed by atoms with E-state index in [0.717, 1.165) is 12.1 Å². The van der Waals surface area contributed by atoms with Gasteiger partial charge in [0.2, 0.25) is 15.9 Å². The number of amides is 1. The Kier molecular flexibility index (Phi) is 9.06. The average molecular weight is 546 g/mol. The zero-order valence-electron chi connectivity index (χ0n) is 20.9. The quantitative estimate of drug-likeness (QED) is 0.461. The maximum atomic E-state index is 13.5. The minimum atomic E-state index is -4.66. The van der Waals surface area contributed by atoms with Crippen LogP contribution in [0.15, 0.2) is 47.4 Å². The summed E-state index contributed by atoms with van der Waals surface area (Å²) in [5, 5.41) is 3.05. The van der Waals surface area contributed by atoms with Gasteiger partial charge < -0.3 is 15.0 Å². The number of methoxy groups -OCH3 is 1. The monoisotopic (exact) mass is 545 g/mol. The van der Waals surface area contributed by atoms with Crippen molar-refractivity contribution in [3.05, 3.63) is 53.8 Å². The Hall–Kier alpha value is -2.86. The fourth-order valence-electron chi connectivity index (χ4n) is 4.46. The third kappa shape index (κ3) is 6.92. The maximum Gasteiger partial charge on any atom is 0.416 e. The van der Waals surface area contributed by atoms with Gasteiger partial charge in [-0.15, -0.1) is 0 Å². The summed E-state index contributed by atoms with van der Waals surface area (Å²) in [5.74, 6) is -0.512. The highest BCUT2D eigenvalue weighted by molar-refractivity contribution is 7.89. The van der Waals surface area contributed by atoms with Crippen molar-refractivity contribution in [3.8, 4) is 5.75 Å². The molecule has 1 amide bonds. The number of ether oxygens (including phenoxy) is 1. The zero-order valence-corrected chi connectivity index (χ0v) is 21.7. The molecule has 0 saturated carbocycles. The molecule has 0 spiro atoms. The molecule has 0 bridgehead atoms. The lowest BCUT2D eigenvalue weighted by Crippen LogP contribution is -2.51. The van der Waals surface area contributed by atoms with Gasteiger partial charge in [0.15, 0.2) is 11.6 Å². The number of anilines is 1. The number of alkyl halides is 3. The van der Waals surface area contributed by atoms with Crippen molar-refractivity contribution in [2.24, 2.45) is 0 Å². The highest BCUT2D eigenvalue weighted by atomic mass is 32.2. The zero-order chi connectivity index (χ0) is 27.4. The van der Waals surface area contributed by atoms with Crippen LogP contribution in [0.4, 0.5) is 23.2 Å². The van der Waals surface area contributed by atoms with Gasteiger partial charge >= 0.3 is 6.18 Å². The van der Waals surface area contributed by atoms with Crippen molar-refractivity contribution < 1.29 is 35.5 Å². The number of sulfonamides is 1. The molecule has 1 fully saturated rings. The Balaban J connectivity index is 1.60. The fourth-order valence-corrected chi connectivity index (χ4v) is 6.39. The van der Waals surface area contributed by atoms with Gasteiger partial charge in [0.25, 0.3) is 0 Å². The van der Waals surface area contributed by atoms with Gasteiger partial charge in [0.1, 0.15) is 0 Å². The Bertz CT molecular complexity index is 1200. The number of carbonyl (C=O) groups excluding carboxylic acids is 1. The van der Waals surface area contributed by atoms with Crippen LogP contribution in [0.25, 0.3) is 0 Å². The summed E-state index contributed by atoms with van der Waals surface area (Å²) < 4.78 is 85.9. The van der Waals surface area contributed by atoms with Crippen LogP contribution < -0.4 is 10.1 Å². The van der Waals surface area contributed by atoms with Crippen molar-refractivity contribution in [2.75, 3.05) is 32.1 Å². The lowest BCUT2D eigenvalue weighted by Gasteiger charge is -2.39. The molecule has 2 aromatic carbocycles. The number of hydrogen-bond acceptors (Lipinski definition) is 5. The maximum absolute atomic E-state index is 13.5. The van der Waals surface area contributed by atoms with Crippen LogP contribution >= 0.6 is 0 Å². The number of nitrogens with zero attached hydrogens (tertiary/aromatic N) is 2. The molecular formula is C25H31F4N3O4S. The van der Waals surface area contributed by atoms with Gasteiger partial charge in [-0.2, -0.15) is 17.5 Å². The van der Waals surface area contributed by atoms with E-state index in [1.54, 1.807) is 24.8 Å². The number of carbonyl (C=O) groups is 1. The van der Waals surface area contributed by atoms with Gasteiger partial charge in [-0.3, -0.25) is 4.79 Å². The molecule has 0 radical (unpaired) electrons. The first-order valence-corrected chi connectivity index (χ1v) is 13.3. The number of rotatable bonds is 9. The van der Waals surface area contributed by atoms with Crippen molar-refractivity contribution in [1.29, 1.82) is 0 Å². The normalized spacial score (nSPS) is 15.3. The summed E-state index contributed by atoms with van der Waals surface area (Å²) in [7, 11) is -2.83. The number of halogens is 4. The van der Waals surface area contributed by atoms with E-state index in [-0.39, 0.29) is 18.1 Å². The molecule has 37 heavy (non-hydrogen) atoms. The summed E-state index contributed by atoms with van der Waals surface area (Å²) in [5.41, 5.74) is -0.414. The first-order valence-electron chi connectivity index (χ1n) is 11.9. The molecule has 0 aliphatic carbocycles. The highest BCUT2D eigenvalue weighted by Crippen LogP contribution is 2.33.